The van der Waals surface area contributed by atoms with Crippen molar-refractivity contribution in [2.45, 2.75) is 13.5 Å². The fourth-order valence-electron chi connectivity index (χ4n) is 1.26. The third-order valence-corrected chi connectivity index (χ3v) is 3.38. The number of thiophene rings is 1. The predicted octanol–water partition coefficient (Wildman–Crippen LogP) is 2.69. The summed E-state index contributed by atoms with van der Waals surface area (Å²) in [6.07, 6.45) is 1.50. The van der Waals surface area contributed by atoms with E-state index in [2.05, 4.69) is 33.7 Å². The Balaban J connectivity index is 2.10. The lowest BCUT2D eigenvalue weighted by molar-refractivity contribution is 1.09. The number of nitrogen functional groups attached to an aromatic ring is 1. The van der Waals surface area contributed by atoms with Gasteiger partial charge in [0.25, 0.3) is 0 Å². The molecule has 0 saturated heterocycles. The quantitative estimate of drug-likeness (QED) is 0.827. The maximum absolute atomic E-state index is 5.72. The highest BCUT2D eigenvalue weighted by atomic mass is 35.5. The van der Waals surface area contributed by atoms with Gasteiger partial charge >= 0.3 is 0 Å². The van der Waals surface area contributed by atoms with E-state index in [0.29, 0.717) is 18.1 Å². The zero-order chi connectivity index (χ0) is 11.5. The Hall–Kier alpha value is -1.33. The molecule has 0 aliphatic heterocycles. The number of nitrogens with zero attached hydrogens (tertiary/aromatic N) is 2. The Bertz CT molecular complexity index is 497. The van der Waals surface area contributed by atoms with Crippen LogP contribution in [0.4, 0.5) is 11.5 Å². The monoisotopic (exact) mass is 254 g/mol. The maximum Gasteiger partial charge on any atom is 0.224 e. The van der Waals surface area contributed by atoms with Gasteiger partial charge in [-0.2, -0.15) is 4.98 Å². The molecule has 0 amide bonds. The molecule has 0 atom stereocenters. The Morgan fingerprint density at radius 3 is 3.06 bits per heavy atom. The van der Waals surface area contributed by atoms with Crippen LogP contribution >= 0.6 is 22.9 Å². The summed E-state index contributed by atoms with van der Waals surface area (Å²) in [5, 5.41) is 5.40. The Kier molecular flexibility index (Phi) is 3.26. The fraction of sp³-hybridized carbons (Fsp3) is 0.200. The molecule has 0 unspecified atom stereocenters. The molecule has 0 fully saturated rings. The molecule has 16 heavy (non-hydrogen) atoms. The highest BCUT2D eigenvalue weighted by Gasteiger charge is 2.04. The molecule has 0 spiro atoms. The maximum atomic E-state index is 5.72. The lowest BCUT2D eigenvalue weighted by Crippen LogP contribution is -2.05. The third kappa shape index (κ3) is 2.43. The summed E-state index contributed by atoms with van der Waals surface area (Å²) in [6, 6.07) is 2.08. The average molecular weight is 255 g/mol. The molecule has 0 aromatic carbocycles. The van der Waals surface area contributed by atoms with Gasteiger partial charge in [-0.05, 0) is 35.5 Å². The summed E-state index contributed by atoms with van der Waals surface area (Å²) in [4.78, 5) is 9.08. The molecule has 0 bridgehead atoms. The number of rotatable bonds is 3. The summed E-state index contributed by atoms with van der Waals surface area (Å²) in [7, 11) is 0. The minimum absolute atomic E-state index is 0.194. The SMILES string of the molecule is Cc1ccsc1CNc1nc(Cl)ncc1N. The van der Waals surface area contributed by atoms with E-state index in [1.165, 1.54) is 16.6 Å². The number of anilines is 2. The minimum Gasteiger partial charge on any atom is -0.394 e. The molecule has 2 aromatic heterocycles. The van der Waals surface area contributed by atoms with E-state index in [9.17, 15) is 0 Å². The molecule has 0 radical (unpaired) electrons. The molecule has 84 valence electrons. The van der Waals surface area contributed by atoms with E-state index >= 15 is 0 Å². The van der Waals surface area contributed by atoms with Crippen molar-refractivity contribution in [1.29, 1.82) is 0 Å². The first-order chi connectivity index (χ1) is 7.66. The van der Waals surface area contributed by atoms with E-state index in [1.807, 2.05) is 0 Å². The van der Waals surface area contributed by atoms with Gasteiger partial charge in [-0.25, -0.2) is 4.98 Å². The summed E-state index contributed by atoms with van der Waals surface area (Å²) in [5.74, 6) is 0.577. The van der Waals surface area contributed by atoms with E-state index in [-0.39, 0.29) is 5.28 Å². The molecule has 2 heterocycles. The molecule has 0 aliphatic carbocycles. The van der Waals surface area contributed by atoms with Crippen molar-refractivity contribution in [3.8, 4) is 0 Å². The Labute approximate surface area is 102 Å². The van der Waals surface area contributed by atoms with Crippen LogP contribution < -0.4 is 11.1 Å². The summed E-state index contributed by atoms with van der Waals surface area (Å²) >= 11 is 7.39. The highest BCUT2D eigenvalue weighted by Crippen LogP contribution is 2.20. The fourth-order valence-corrected chi connectivity index (χ4v) is 2.24. The summed E-state index contributed by atoms with van der Waals surface area (Å²) in [6.45, 7) is 2.77. The molecular formula is C10H11ClN4S. The number of nitrogens with one attached hydrogen (secondary N) is 1. The molecule has 3 N–H and O–H groups in total. The minimum atomic E-state index is 0.194. The van der Waals surface area contributed by atoms with Crippen LogP contribution in [0.3, 0.4) is 0 Å². The molecule has 0 saturated carbocycles. The summed E-state index contributed by atoms with van der Waals surface area (Å²) in [5.41, 5.74) is 7.48. The van der Waals surface area contributed by atoms with Crippen LogP contribution in [0.15, 0.2) is 17.6 Å². The van der Waals surface area contributed by atoms with Crippen LogP contribution in [0.25, 0.3) is 0 Å². The molecular weight excluding hydrogens is 244 g/mol. The zero-order valence-corrected chi connectivity index (χ0v) is 10.3. The van der Waals surface area contributed by atoms with Crippen molar-refractivity contribution >= 4 is 34.4 Å². The number of nitrogens with two attached hydrogens (primary N) is 1. The van der Waals surface area contributed by atoms with Gasteiger partial charge in [0.1, 0.15) is 0 Å². The molecule has 4 nitrogen and oxygen atoms in total. The van der Waals surface area contributed by atoms with Crippen molar-refractivity contribution < 1.29 is 0 Å². The molecule has 2 aromatic rings. The van der Waals surface area contributed by atoms with Gasteiger partial charge in [0.15, 0.2) is 5.82 Å². The van der Waals surface area contributed by atoms with Crippen LogP contribution in [0.5, 0.6) is 0 Å². The van der Waals surface area contributed by atoms with Crippen molar-refractivity contribution in [2.24, 2.45) is 0 Å². The third-order valence-electron chi connectivity index (χ3n) is 2.17. The van der Waals surface area contributed by atoms with E-state index in [0.717, 1.165) is 0 Å². The average Bonchev–Trinajstić information content (AvgIpc) is 2.66. The lowest BCUT2D eigenvalue weighted by atomic mass is 10.3. The Morgan fingerprint density at radius 1 is 1.56 bits per heavy atom. The number of aryl methyl sites for hydroxylation is 1. The standard InChI is InChI=1S/C10H11ClN4S/c1-6-2-3-16-8(6)5-13-9-7(12)4-14-10(11)15-9/h2-4H,5,12H2,1H3,(H,13,14,15). The van der Waals surface area contributed by atoms with Crippen LogP contribution in [0, 0.1) is 6.92 Å². The van der Waals surface area contributed by atoms with Crippen molar-refractivity contribution in [3.05, 3.63) is 33.4 Å². The van der Waals surface area contributed by atoms with Crippen LogP contribution in [0.1, 0.15) is 10.4 Å². The molecule has 2 rings (SSSR count). The van der Waals surface area contributed by atoms with Gasteiger partial charge in [-0.15, -0.1) is 11.3 Å². The first-order valence-corrected chi connectivity index (χ1v) is 5.97. The first kappa shape index (κ1) is 11.2. The largest absolute Gasteiger partial charge is 0.394 e. The normalized spacial score (nSPS) is 10.4. The van der Waals surface area contributed by atoms with E-state index < -0.39 is 0 Å². The smallest absolute Gasteiger partial charge is 0.224 e. The van der Waals surface area contributed by atoms with Gasteiger partial charge < -0.3 is 11.1 Å². The topological polar surface area (TPSA) is 63.8 Å². The molecule has 0 aliphatic rings. The Morgan fingerprint density at radius 2 is 2.38 bits per heavy atom. The molecule has 6 heteroatoms. The van der Waals surface area contributed by atoms with Crippen molar-refractivity contribution in [1.82, 2.24) is 9.97 Å². The van der Waals surface area contributed by atoms with Crippen LogP contribution in [0.2, 0.25) is 5.28 Å². The highest BCUT2D eigenvalue weighted by molar-refractivity contribution is 7.10. The van der Waals surface area contributed by atoms with Crippen molar-refractivity contribution in [2.75, 3.05) is 11.1 Å². The van der Waals surface area contributed by atoms with Gasteiger partial charge in [-0.3, -0.25) is 0 Å². The number of halogens is 1. The predicted molar refractivity (Wildman–Crippen MR) is 67.8 cm³/mol. The first-order valence-electron chi connectivity index (χ1n) is 4.71. The number of hydrogen-bond donors (Lipinski definition) is 2. The van der Waals surface area contributed by atoms with Gasteiger partial charge in [-0.1, -0.05) is 0 Å². The second-order valence-electron chi connectivity index (χ2n) is 3.32. The van der Waals surface area contributed by atoms with E-state index in [4.69, 9.17) is 17.3 Å². The van der Waals surface area contributed by atoms with Gasteiger partial charge in [0.2, 0.25) is 5.28 Å². The second-order valence-corrected chi connectivity index (χ2v) is 4.66. The number of aromatic nitrogens is 2. The second kappa shape index (κ2) is 4.67. The van der Waals surface area contributed by atoms with Crippen molar-refractivity contribution in [3.63, 3.8) is 0 Å². The van der Waals surface area contributed by atoms with Crippen LogP contribution in [-0.2, 0) is 6.54 Å². The van der Waals surface area contributed by atoms with Crippen LogP contribution in [-0.4, -0.2) is 9.97 Å². The zero-order valence-electron chi connectivity index (χ0n) is 8.70. The summed E-state index contributed by atoms with van der Waals surface area (Å²) < 4.78 is 0. The van der Waals surface area contributed by atoms with Gasteiger partial charge in [0.05, 0.1) is 18.4 Å². The lowest BCUT2D eigenvalue weighted by Gasteiger charge is -2.07. The van der Waals surface area contributed by atoms with E-state index in [1.54, 1.807) is 11.3 Å². The van der Waals surface area contributed by atoms with Gasteiger partial charge in [0, 0.05) is 4.88 Å². The number of hydrogen-bond acceptors (Lipinski definition) is 5.